The van der Waals surface area contributed by atoms with Crippen LogP contribution in [0.25, 0.3) is 0 Å². The van der Waals surface area contributed by atoms with E-state index < -0.39 is 5.44 Å². The third-order valence-corrected chi connectivity index (χ3v) is 2.94. The van der Waals surface area contributed by atoms with Crippen LogP contribution in [0.15, 0.2) is 0 Å². The third-order valence-electron chi connectivity index (χ3n) is 2.37. The summed E-state index contributed by atoms with van der Waals surface area (Å²) in [6, 6.07) is 0. The Labute approximate surface area is 99.5 Å². The first-order chi connectivity index (χ1) is 6.77. The maximum Gasteiger partial charge on any atom is 0.0964 e. The van der Waals surface area contributed by atoms with Crippen molar-refractivity contribution >= 4 is 25.3 Å². The van der Waals surface area contributed by atoms with Crippen molar-refractivity contribution in [1.29, 1.82) is 0 Å². The van der Waals surface area contributed by atoms with Gasteiger partial charge in [0.25, 0.3) is 0 Å². The highest BCUT2D eigenvalue weighted by molar-refractivity contribution is 7.80. The van der Waals surface area contributed by atoms with Gasteiger partial charge in [-0.3, -0.25) is 0 Å². The van der Waals surface area contributed by atoms with Gasteiger partial charge in [0.15, 0.2) is 0 Å². The van der Waals surface area contributed by atoms with Crippen LogP contribution in [0.1, 0.15) is 57.8 Å². The fourth-order valence-corrected chi connectivity index (χ4v) is 1.91. The van der Waals surface area contributed by atoms with Crippen LogP contribution in [0.4, 0.5) is 0 Å². The van der Waals surface area contributed by atoms with Crippen LogP contribution < -0.4 is 0 Å². The minimum atomic E-state index is -0.412. The zero-order valence-electron chi connectivity index (χ0n) is 8.99. The van der Waals surface area contributed by atoms with Crippen LogP contribution in [0, 0.1) is 0 Å². The number of hydrogen-bond acceptors (Lipinski definition) is 3. The Bertz CT molecular complexity index is 107. The van der Waals surface area contributed by atoms with Gasteiger partial charge in [-0.05, 0) is 18.6 Å². The summed E-state index contributed by atoms with van der Waals surface area (Å²) in [6.45, 7) is 0. The molecule has 86 valence electrons. The molecule has 0 aliphatic heterocycles. The van der Waals surface area contributed by atoms with E-state index in [1.54, 1.807) is 0 Å². The standard InChI is InChI=1S/C11H24OS2/c12-11(14)9-7-5-3-1-2-4-6-8-10-13/h11-14H,1-10H2. The van der Waals surface area contributed by atoms with Gasteiger partial charge in [0.2, 0.25) is 0 Å². The molecule has 3 heteroatoms. The molecule has 0 fully saturated rings. The molecule has 0 radical (unpaired) electrons. The third kappa shape index (κ3) is 12.7. The lowest BCUT2D eigenvalue weighted by atomic mass is 10.1. The molecule has 0 bridgehead atoms. The minimum absolute atomic E-state index is 0.412. The predicted molar refractivity (Wildman–Crippen MR) is 70.4 cm³/mol. The summed E-state index contributed by atoms with van der Waals surface area (Å²) in [6.07, 6.45) is 11.1. The Morgan fingerprint density at radius 1 is 0.786 bits per heavy atom. The van der Waals surface area contributed by atoms with Gasteiger partial charge in [-0.1, -0.05) is 44.9 Å². The summed E-state index contributed by atoms with van der Waals surface area (Å²) in [7, 11) is 0. The number of thiol groups is 2. The Morgan fingerprint density at radius 2 is 1.21 bits per heavy atom. The van der Waals surface area contributed by atoms with Gasteiger partial charge in [-0.2, -0.15) is 12.6 Å². The van der Waals surface area contributed by atoms with Crippen LogP contribution in [-0.2, 0) is 0 Å². The Kier molecular flexibility index (Phi) is 12.3. The fourth-order valence-electron chi connectivity index (χ4n) is 1.50. The normalized spacial score (nSPS) is 13.1. The van der Waals surface area contributed by atoms with E-state index in [2.05, 4.69) is 25.3 Å². The van der Waals surface area contributed by atoms with E-state index in [1.165, 1.54) is 44.9 Å². The van der Waals surface area contributed by atoms with Crippen LogP contribution in [0.3, 0.4) is 0 Å². The first kappa shape index (κ1) is 14.7. The number of aliphatic hydroxyl groups excluding tert-OH is 1. The maximum atomic E-state index is 8.91. The molecule has 0 aromatic carbocycles. The van der Waals surface area contributed by atoms with Crippen molar-refractivity contribution in [2.75, 3.05) is 5.75 Å². The number of rotatable bonds is 10. The van der Waals surface area contributed by atoms with Crippen molar-refractivity contribution in [2.45, 2.75) is 63.2 Å². The molecule has 1 nitrogen and oxygen atoms in total. The lowest BCUT2D eigenvalue weighted by Crippen LogP contribution is -1.94. The monoisotopic (exact) mass is 236 g/mol. The topological polar surface area (TPSA) is 20.2 Å². The molecule has 1 unspecified atom stereocenters. The Morgan fingerprint density at radius 3 is 1.64 bits per heavy atom. The molecule has 14 heavy (non-hydrogen) atoms. The molecule has 0 heterocycles. The van der Waals surface area contributed by atoms with Gasteiger partial charge in [-0.25, -0.2) is 0 Å². The molecule has 0 saturated heterocycles. The molecule has 0 spiro atoms. The average Bonchev–Trinajstić information content (AvgIpc) is 2.15. The lowest BCUT2D eigenvalue weighted by Gasteiger charge is -2.03. The molecule has 0 saturated carbocycles. The van der Waals surface area contributed by atoms with Gasteiger partial charge in [0.05, 0.1) is 5.44 Å². The second kappa shape index (κ2) is 11.7. The zero-order valence-corrected chi connectivity index (χ0v) is 10.8. The van der Waals surface area contributed by atoms with Crippen molar-refractivity contribution in [3.63, 3.8) is 0 Å². The van der Waals surface area contributed by atoms with E-state index in [4.69, 9.17) is 5.11 Å². The second-order valence-corrected chi connectivity index (χ2v) is 4.86. The van der Waals surface area contributed by atoms with Gasteiger partial charge in [-0.15, -0.1) is 12.6 Å². The smallest absolute Gasteiger partial charge is 0.0964 e. The van der Waals surface area contributed by atoms with E-state index in [-0.39, 0.29) is 0 Å². The van der Waals surface area contributed by atoms with Crippen molar-refractivity contribution < 1.29 is 5.11 Å². The highest BCUT2D eigenvalue weighted by atomic mass is 32.1. The SMILES string of the molecule is OC(S)CCCCCCCCCCS. The van der Waals surface area contributed by atoms with E-state index >= 15 is 0 Å². The largest absolute Gasteiger partial charge is 0.383 e. The summed E-state index contributed by atoms with van der Waals surface area (Å²) in [5, 5.41) is 8.91. The molecule has 1 N–H and O–H groups in total. The van der Waals surface area contributed by atoms with Gasteiger partial charge >= 0.3 is 0 Å². The number of hydrogen-bond donors (Lipinski definition) is 3. The van der Waals surface area contributed by atoms with E-state index in [9.17, 15) is 0 Å². The van der Waals surface area contributed by atoms with Gasteiger partial charge in [0, 0.05) is 0 Å². The number of aliphatic hydroxyl groups is 1. The minimum Gasteiger partial charge on any atom is -0.383 e. The first-order valence-electron chi connectivity index (χ1n) is 5.74. The maximum absolute atomic E-state index is 8.91. The summed E-state index contributed by atoms with van der Waals surface area (Å²) >= 11 is 8.11. The van der Waals surface area contributed by atoms with Gasteiger partial charge < -0.3 is 5.11 Å². The van der Waals surface area contributed by atoms with Crippen LogP contribution in [-0.4, -0.2) is 16.3 Å². The molecule has 0 aliphatic rings. The van der Waals surface area contributed by atoms with Crippen molar-refractivity contribution in [2.24, 2.45) is 0 Å². The Hall–Kier alpha value is 0.660. The predicted octanol–water partition coefficient (Wildman–Crippen LogP) is 3.68. The van der Waals surface area contributed by atoms with E-state index in [1.807, 2.05) is 0 Å². The van der Waals surface area contributed by atoms with Crippen molar-refractivity contribution in [3.8, 4) is 0 Å². The van der Waals surface area contributed by atoms with Crippen LogP contribution >= 0.6 is 25.3 Å². The summed E-state index contributed by atoms with van der Waals surface area (Å²) in [4.78, 5) is 0. The first-order valence-corrected chi connectivity index (χ1v) is 6.89. The van der Waals surface area contributed by atoms with Crippen molar-refractivity contribution in [3.05, 3.63) is 0 Å². The highest BCUT2D eigenvalue weighted by Crippen LogP contribution is 2.11. The fraction of sp³-hybridized carbons (Fsp3) is 1.00. The molecule has 0 rings (SSSR count). The molecular weight excluding hydrogens is 212 g/mol. The number of unbranched alkanes of at least 4 members (excludes halogenated alkanes) is 7. The van der Waals surface area contributed by atoms with Gasteiger partial charge in [0.1, 0.15) is 0 Å². The molecule has 0 aromatic rings. The molecule has 0 aliphatic carbocycles. The quantitative estimate of drug-likeness (QED) is 0.300. The van der Waals surface area contributed by atoms with E-state index in [0.29, 0.717) is 0 Å². The molecule has 0 aromatic heterocycles. The lowest BCUT2D eigenvalue weighted by molar-refractivity contribution is 0.249. The summed E-state index contributed by atoms with van der Waals surface area (Å²) in [5.41, 5.74) is -0.412. The molecular formula is C11H24OS2. The summed E-state index contributed by atoms with van der Waals surface area (Å²) < 4.78 is 0. The second-order valence-electron chi connectivity index (χ2n) is 3.82. The zero-order chi connectivity index (χ0) is 10.6. The summed E-state index contributed by atoms with van der Waals surface area (Å²) in [5.74, 6) is 1.03. The Balaban J connectivity index is 2.85. The van der Waals surface area contributed by atoms with Crippen molar-refractivity contribution in [1.82, 2.24) is 0 Å². The highest BCUT2D eigenvalue weighted by Gasteiger charge is 1.96. The van der Waals surface area contributed by atoms with Crippen LogP contribution in [0.2, 0.25) is 0 Å². The van der Waals surface area contributed by atoms with E-state index in [0.717, 1.165) is 18.6 Å². The average molecular weight is 236 g/mol. The van der Waals surface area contributed by atoms with Crippen LogP contribution in [0.5, 0.6) is 0 Å². The molecule has 0 amide bonds. The molecule has 1 atom stereocenters.